The maximum Gasteiger partial charge on any atom is 0.306 e. The fraction of sp³-hybridized carbons (Fsp3) is 0.286. The van der Waals surface area contributed by atoms with Crippen LogP contribution < -0.4 is 5.32 Å². The number of halogens is 1. The van der Waals surface area contributed by atoms with Crippen LogP contribution in [0.3, 0.4) is 0 Å². The van der Waals surface area contributed by atoms with Gasteiger partial charge in [0.1, 0.15) is 5.82 Å². The second-order valence-electron chi connectivity index (χ2n) is 6.84. The van der Waals surface area contributed by atoms with E-state index < -0.39 is 5.97 Å². The van der Waals surface area contributed by atoms with Crippen molar-refractivity contribution in [1.29, 1.82) is 0 Å². The largest absolute Gasteiger partial charge is 0.481 e. The Morgan fingerprint density at radius 1 is 1.07 bits per heavy atom. The fourth-order valence-electron chi connectivity index (χ4n) is 3.25. The molecule has 0 aromatic heterocycles. The first-order chi connectivity index (χ1) is 13.4. The van der Waals surface area contributed by atoms with Gasteiger partial charge < -0.3 is 15.3 Å². The monoisotopic (exact) mass is 384 g/mol. The third-order valence-corrected chi connectivity index (χ3v) is 4.80. The molecule has 3 rings (SSSR count). The van der Waals surface area contributed by atoms with Crippen molar-refractivity contribution in [3.63, 3.8) is 0 Å². The van der Waals surface area contributed by atoms with E-state index in [1.54, 1.807) is 41.3 Å². The number of nitrogens with one attached hydrogen (secondary N) is 1. The summed E-state index contributed by atoms with van der Waals surface area (Å²) in [6.45, 7) is 0.837. The molecule has 0 aliphatic carbocycles. The summed E-state index contributed by atoms with van der Waals surface area (Å²) in [5.41, 5.74) is 1.61. The van der Waals surface area contributed by atoms with Crippen LogP contribution in [0.5, 0.6) is 0 Å². The summed E-state index contributed by atoms with van der Waals surface area (Å²) >= 11 is 0. The van der Waals surface area contributed by atoms with Crippen LogP contribution >= 0.6 is 0 Å². The number of carboxylic acids is 1. The van der Waals surface area contributed by atoms with E-state index in [9.17, 15) is 18.8 Å². The number of amides is 2. The summed E-state index contributed by atoms with van der Waals surface area (Å²) in [6, 6.07) is 12.4. The van der Waals surface area contributed by atoms with Crippen LogP contribution in [0.25, 0.3) is 0 Å². The van der Waals surface area contributed by atoms with Gasteiger partial charge in [-0.1, -0.05) is 12.1 Å². The first-order valence-corrected chi connectivity index (χ1v) is 9.09. The first-order valence-electron chi connectivity index (χ1n) is 9.09. The van der Waals surface area contributed by atoms with Crippen LogP contribution in [0, 0.1) is 11.7 Å². The second kappa shape index (κ2) is 8.65. The average molecular weight is 384 g/mol. The minimum absolute atomic E-state index is 0.0525. The zero-order chi connectivity index (χ0) is 20.1. The number of carbonyl (C=O) groups excluding carboxylic acids is 2. The van der Waals surface area contributed by atoms with Crippen molar-refractivity contribution in [2.75, 3.05) is 18.4 Å². The molecule has 1 saturated heterocycles. The number of nitrogens with zero attached hydrogens (tertiary/aromatic N) is 1. The van der Waals surface area contributed by atoms with Crippen LogP contribution in [0.15, 0.2) is 48.5 Å². The lowest BCUT2D eigenvalue weighted by Gasteiger charge is -2.30. The summed E-state index contributed by atoms with van der Waals surface area (Å²) in [6.07, 6.45) is 0.960. The molecule has 2 amide bonds. The Balaban J connectivity index is 1.55. The second-order valence-corrected chi connectivity index (χ2v) is 6.84. The zero-order valence-corrected chi connectivity index (χ0v) is 15.2. The molecule has 0 atom stereocenters. The normalized spacial score (nSPS) is 14.5. The lowest BCUT2D eigenvalue weighted by atomic mass is 9.96. The molecule has 2 aromatic carbocycles. The van der Waals surface area contributed by atoms with E-state index in [1.807, 2.05) is 0 Å². The van der Waals surface area contributed by atoms with E-state index >= 15 is 0 Å². The topological polar surface area (TPSA) is 86.7 Å². The fourth-order valence-corrected chi connectivity index (χ4v) is 3.25. The molecular formula is C21H21FN2O4. The summed E-state index contributed by atoms with van der Waals surface area (Å²) in [5.74, 6) is -2.02. The summed E-state index contributed by atoms with van der Waals surface area (Å²) in [7, 11) is 0. The molecule has 0 bridgehead atoms. The molecule has 1 aliphatic rings. The van der Waals surface area contributed by atoms with Gasteiger partial charge in [0.25, 0.3) is 5.91 Å². The Morgan fingerprint density at radius 3 is 2.36 bits per heavy atom. The standard InChI is InChI=1S/C21H21FN2O4/c22-17-3-1-2-14(12-17)13-19(25)23-18-6-4-15(5-7-18)20(26)24-10-8-16(9-11-24)21(27)28/h1-7,12,16H,8-11,13H2,(H,23,25)(H,27,28). The molecule has 0 radical (unpaired) electrons. The Hall–Kier alpha value is -3.22. The van der Waals surface area contributed by atoms with Crippen LogP contribution in [-0.4, -0.2) is 40.9 Å². The van der Waals surface area contributed by atoms with Crippen molar-refractivity contribution < 1.29 is 23.9 Å². The van der Waals surface area contributed by atoms with E-state index in [1.165, 1.54) is 12.1 Å². The van der Waals surface area contributed by atoms with Crippen molar-refractivity contribution in [2.24, 2.45) is 5.92 Å². The van der Waals surface area contributed by atoms with E-state index in [0.717, 1.165) is 0 Å². The Morgan fingerprint density at radius 2 is 1.75 bits per heavy atom. The highest BCUT2D eigenvalue weighted by Crippen LogP contribution is 2.20. The van der Waals surface area contributed by atoms with Crippen LogP contribution in [-0.2, 0) is 16.0 Å². The number of rotatable bonds is 5. The van der Waals surface area contributed by atoms with Crippen LogP contribution in [0.1, 0.15) is 28.8 Å². The minimum Gasteiger partial charge on any atom is -0.481 e. The molecule has 6 nitrogen and oxygen atoms in total. The Bertz CT molecular complexity index is 874. The quantitative estimate of drug-likeness (QED) is 0.830. The van der Waals surface area contributed by atoms with Gasteiger partial charge in [0.05, 0.1) is 12.3 Å². The van der Waals surface area contributed by atoms with Gasteiger partial charge in [-0.2, -0.15) is 0 Å². The zero-order valence-electron chi connectivity index (χ0n) is 15.2. The number of likely N-dealkylation sites (tertiary alicyclic amines) is 1. The van der Waals surface area contributed by atoms with Crippen LogP contribution in [0.4, 0.5) is 10.1 Å². The number of carboxylic acid groups (broad SMARTS) is 1. The van der Waals surface area contributed by atoms with E-state index in [-0.39, 0.29) is 30.0 Å². The molecule has 1 heterocycles. The van der Waals surface area contributed by atoms with Gasteiger partial charge in [-0.05, 0) is 54.8 Å². The Kier molecular flexibility index (Phi) is 6.03. The van der Waals surface area contributed by atoms with Gasteiger partial charge in [0.15, 0.2) is 0 Å². The molecule has 0 saturated carbocycles. The molecule has 7 heteroatoms. The molecule has 0 unspecified atom stereocenters. The summed E-state index contributed by atoms with van der Waals surface area (Å²) in [5, 5.41) is 11.8. The highest BCUT2D eigenvalue weighted by Gasteiger charge is 2.27. The van der Waals surface area contributed by atoms with E-state index in [2.05, 4.69) is 5.32 Å². The molecule has 2 N–H and O–H groups in total. The summed E-state index contributed by atoms with van der Waals surface area (Å²) in [4.78, 5) is 37.3. The van der Waals surface area contributed by atoms with E-state index in [0.29, 0.717) is 42.7 Å². The molecule has 2 aromatic rings. The number of benzene rings is 2. The molecule has 0 spiro atoms. The van der Waals surface area contributed by atoms with Gasteiger partial charge in [0.2, 0.25) is 5.91 Å². The SMILES string of the molecule is O=C(Cc1cccc(F)c1)Nc1ccc(C(=O)N2CCC(C(=O)O)CC2)cc1. The molecule has 1 aliphatic heterocycles. The number of aliphatic carboxylic acids is 1. The number of piperidine rings is 1. The number of hydrogen-bond acceptors (Lipinski definition) is 3. The van der Waals surface area contributed by atoms with Crippen molar-refractivity contribution in [3.8, 4) is 0 Å². The van der Waals surface area contributed by atoms with Gasteiger partial charge in [-0.3, -0.25) is 14.4 Å². The minimum atomic E-state index is -0.814. The highest BCUT2D eigenvalue weighted by molar-refractivity contribution is 5.96. The van der Waals surface area contributed by atoms with Crippen molar-refractivity contribution in [2.45, 2.75) is 19.3 Å². The van der Waals surface area contributed by atoms with Gasteiger partial charge in [-0.25, -0.2) is 4.39 Å². The van der Waals surface area contributed by atoms with E-state index in [4.69, 9.17) is 5.11 Å². The smallest absolute Gasteiger partial charge is 0.306 e. The van der Waals surface area contributed by atoms with Gasteiger partial charge >= 0.3 is 5.97 Å². The Labute approximate surface area is 162 Å². The number of hydrogen-bond donors (Lipinski definition) is 2. The molecule has 28 heavy (non-hydrogen) atoms. The average Bonchev–Trinajstić information content (AvgIpc) is 2.68. The van der Waals surface area contributed by atoms with Crippen molar-refractivity contribution in [3.05, 3.63) is 65.5 Å². The predicted molar refractivity (Wildman–Crippen MR) is 101 cm³/mol. The molecule has 1 fully saturated rings. The van der Waals surface area contributed by atoms with Crippen molar-refractivity contribution >= 4 is 23.5 Å². The third-order valence-electron chi connectivity index (χ3n) is 4.80. The highest BCUT2D eigenvalue weighted by atomic mass is 19.1. The van der Waals surface area contributed by atoms with Crippen LogP contribution in [0.2, 0.25) is 0 Å². The maximum atomic E-state index is 13.2. The lowest BCUT2D eigenvalue weighted by Crippen LogP contribution is -2.40. The van der Waals surface area contributed by atoms with Crippen molar-refractivity contribution in [1.82, 2.24) is 4.90 Å². The number of carbonyl (C=O) groups is 3. The third kappa shape index (κ3) is 4.94. The predicted octanol–water partition coefficient (Wildman–Crippen LogP) is 2.94. The maximum absolute atomic E-state index is 13.2. The molecular weight excluding hydrogens is 363 g/mol. The van der Waals surface area contributed by atoms with Gasteiger partial charge in [-0.15, -0.1) is 0 Å². The summed E-state index contributed by atoms with van der Waals surface area (Å²) < 4.78 is 13.2. The van der Waals surface area contributed by atoms with Gasteiger partial charge in [0, 0.05) is 24.3 Å². The number of anilines is 1. The lowest BCUT2D eigenvalue weighted by molar-refractivity contribution is -0.143. The first kappa shape index (κ1) is 19.5. The molecule has 146 valence electrons.